The molecule has 2 rings (SSSR count). The molecular weight excluding hydrogens is 272 g/mol. The van der Waals surface area contributed by atoms with E-state index >= 15 is 0 Å². The van der Waals surface area contributed by atoms with Crippen LogP contribution in [0, 0.1) is 0 Å². The number of carbonyl (C=O) groups is 1. The summed E-state index contributed by atoms with van der Waals surface area (Å²) < 4.78 is 30.7. The molecule has 1 saturated heterocycles. The molecular formula is C11H16N2O5S. The Hall–Kier alpha value is -1.41. The first-order valence-corrected chi connectivity index (χ1v) is 7.77. The van der Waals surface area contributed by atoms with Crippen molar-refractivity contribution >= 4 is 15.8 Å². The molecule has 1 atom stereocenters. The van der Waals surface area contributed by atoms with Crippen LogP contribution in [0.25, 0.3) is 0 Å². The molecule has 2 heterocycles. The van der Waals surface area contributed by atoms with Gasteiger partial charge in [0.15, 0.2) is 9.84 Å². The molecule has 0 radical (unpaired) electrons. The Bertz CT molecular complexity index is 572. The van der Waals surface area contributed by atoms with Crippen LogP contribution in [-0.2, 0) is 27.4 Å². The van der Waals surface area contributed by atoms with Gasteiger partial charge < -0.3 is 9.84 Å². The van der Waals surface area contributed by atoms with Gasteiger partial charge in [-0.2, -0.15) is 5.10 Å². The number of aryl methyl sites for hydroxylation is 1. The minimum atomic E-state index is -3.42. The highest BCUT2D eigenvalue weighted by molar-refractivity contribution is 7.90. The average Bonchev–Trinajstić information content (AvgIpc) is 2.89. The summed E-state index contributed by atoms with van der Waals surface area (Å²) in [5.41, 5.74) is 0.129. The fourth-order valence-corrected chi connectivity index (χ4v) is 3.85. The van der Waals surface area contributed by atoms with Crippen molar-refractivity contribution in [2.45, 2.75) is 24.7 Å². The van der Waals surface area contributed by atoms with E-state index in [0.717, 1.165) is 12.8 Å². The van der Waals surface area contributed by atoms with E-state index in [1.54, 1.807) is 0 Å². The molecule has 19 heavy (non-hydrogen) atoms. The zero-order chi connectivity index (χ0) is 14.0. The molecule has 1 N–H and O–H groups in total. The zero-order valence-electron chi connectivity index (χ0n) is 10.6. The predicted octanol–water partition coefficient (Wildman–Crippen LogP) is 0.212. The third kappa shape index (κ3) is 3.32. The number of rotatable bonds is 5. The first-order valence-electron chi connectivity index (χ1n) is 5.95. The van der Waals surface area contributed by atoms with Gasteiger partial charge in [0.25, 0.3) is 0 Å². The lowest BCUT2D eigenvalue weighted by atomic mass is 10.3. The molecule has 0 aromatic carbocycles. The van der Waals surface area contributed by atoms with E-state index < -0.39 is 15.8 Å². The molecule has 1 aromatic heterocycles. The maximum absolute atomic E-state index is 12.1. The number of nitrogens with zero attached hydrogens (tertiary/aromatic N) is 2. The van der Waals surface area contributed by atoms with Gasteiger partial charge in [0.1, 0.15) is 5.56 Å². The van der Waals surface area contributed by atoms with Gasteiger partial charge in [0.05, 0.1) is 29.5 Å². The lowest BCUT2D eigenvalue weighted by molar-refractivity contribution is 0.0696. The van der Waals surface area contributed by atoms with Crippen LogP contribution in [0.4, 0.5) is 0 Å². The molecule has 7 nitrogen and oxygen atoms in total. The van der Waals surface area contributed by atoms with Gasteiger partial charge in [-0.3, -0.25) is 4.68 Å². The largest absolute Gasteiger partial charge is 0.478 e. The minimum absolute atomic E-state index is 0.0709. The molecule has 1 aliphatic heterocycles. The van der Waals surface area contributed by atoms with Crippen LogP contribution in [0.15, 0.2) is 6.20 Å². The van der Waals surface area contributed by atoms with Crippen molar-refractivity contribution in [1.29, 1.82) is 0 Å². The third-order valence-electron chi connectivity index (χ3n) is 3.11. The molecule has 0 saturated carbocycles. The number of carboxylic acids is 1. The second-order valence-corrected chi connectivity index (χ2v) is 6.73. The van der Waals surface area contributed by atoms with Crippen molar-refractivity contribution in [2.24, 2.45) is 7.05 Å². The summed E-state index contributed by atoms with van der Waals surface area (Å²) >= 11 is 0. The summed E-state index contributed by atoms with van der Waals surface area (Å²) in [6.07, 6.45) is 2.49. The van der Waals surface area contributed by atoms with Gasteiger partial charge in [-0.25, -0.2) is 13.2 Å². The van der Waals surface area contributed by atoms with E-state index in [-0.39, 0.29) is 28.9 Å². The van der Waals surface area contributed by atoms with Crippen LogP contribution in [0.1, 0.15) is 28.9 Å². The van der Waals surface area contributed by atoms with Crippen molar-refractivity contribution in [2.75, 3.05) is 12.4 Å². The van der Waals surface area contributed by atoms with Gasteiger partial charge >= 0.3 is 5.97 Å². The summed E-state index contributed by atoms with van der Waals surface area (Å²) in [6, 6.07) is 0. The lowest BCUT2D eigenvalue weighted by Crippen LogP contribution is -2.23. The Morgan fingerprint density at radius 2 is 2.37 bits per heavy atom. The van der Waals surface area contributed by atoms with E-state index in [4.69, 9.17) is 9.84 Å². The molecule has 0 bridgehead atoms. The predicted molar refractivity (Wildman–Crippen MR) is 66.6 cm³/mol. The number of carboxylic acid groups (broad SMARTS) is 1. The van der Waals surface area contributed by atoms with E-state index in [9.17, 15) is 13.2 Å². The number of aromatic nitrogens is 2. The van der Waals surface area contributed by atoms with Gasteiger partial charge in [-0.1, -0.05) is 0 Å². The molecule has 0 aliphatic carbocycles. The first kappa shape index (κ1) is 14.0. The highest BCUT2D eigenvalue weighted by Crippen LogP contribution is 2.18. The maximum Gasteiger partial charge on any atom is 0.339 e. The van der Waals surface area contributed by atoms with Crippen LogP contribution in [0.2, 0.25) is 0 Å². The fourth-order valence-electron chi connectivity index (χ4n) is 2.14. The molecule has 1 fully saturated rings. The summed E-state index contributed by atoms with van der Waals surface area (Å²) in [4.78, 5) is 11.0. The zero-order valence-corrected chi connectivity index (χ0v) is 11.4. The topological polar surface area (TPSA) is 98.5 Å². The molecule has 0 amide bonds. The Kier molecular flexibility index (Phi) is 3.91. The molecule has 0 spiro atoms. The van der Waals surface area contributed by atoms with Crippen molar-refractivity contribution in [3.63, 3.8) is 0 Å². The number of hydrogen-bond donors (Lipinski definition) is 1. The monoisotopic (exact) mass is 288 g/mol. The number of ether oxygens (including phenoxy) is 1. The van der Waals surface area contributed by atoms with Gasteiger partial charge in [0.2, 0.25) is 0 Å². The second-order valence-electron chi connectivity index (χ2n) is 4.62. The summed E-state index contributed by atoms with van der Waals surface area (Å²) in [7, 11) is -1.88. The molecule has 106 valence electrons. The SMILES string of the molecule is Cn1ncc(C(=O)O)c1CS(=O)(=O)CC1CCCO1. The highest BCUT2D eigenvalue weighted by Gasteiger charge is 2.26. The highest BCUT2D eigenvalue weighted by atomic mass is 32.2. The number of sulfone groups is 1. The van der Waals surface area contributed by atoms with Gasteiger partial charge in [-0.15, -0.1) is 0 Å². The van der Waals surface area contributed by atoms with Crippen LogP contribution in [0.5, 0.6) is 0 Å². The smallest absolute Gasteiger partial charge is 0.339 e. The maximum atomic E-state index is 12.1. The summed E-state index contributed by atoms with van der Waals surface area (Å²) in [5.74, 6) is -1.57. The van der Waals surface area contributed by atoms with Crippen molar-refractivity contribution in [3.8, 4) is 0 Å². The van der Waals surface area contributed by atoms with Gasteiger partial charge in [-0.05, 0) is 12.8 Å². The Labute approximate surface area is 111 Å². The molecule has 1 aliphatic rings. The summed E-state index contributed by atoms with van der Waals surface area (Å²) in [6.45, 7) is 0.590. The molecule has 1 aromatic rings. The van der Waals surface area contributed by atoms with E-state index in [2.05, 4.69) is 5.10 Å². The van der Waals surface area contributed by atoms with Gasteiger partial charge in [0, 0.05) is 13.7 Å². The first-order chi connectivity index (χ1) is 8.89. The van der Waals surface area contributed by atoms with Crippen LogP contribution < -0.4 is 0 Å². The molecule has 1 unspecified atom stereocenters. The van der Waals surface area contributed by atoms with Crippen LogP contribution >= 0.6 is 0 Å². The quantitative estimate of drug-likeness (QED) is 0.831. The minimum Gasteiger partial charge on any atom is -0.478 e. The fraction of sp³-hybridized carbons (Fsp3) is 0.636. The number of hydrogen-bond acceptors (Lipinski definition) is 5. The number of aromatic carboxylic acids is 1. The van der Waals surface area contributed by atoms with E-state index in [1.165, 1.54) is 17.9 Å². The van der Waals surface area contributed by atoms with Crippen molar-refractivity contribution < 1.29 is 23.1 Å². The van der Waals surface area contributed by atoms with Crippen molar-refractivity contribution in [3.05, 3.63) is 17.5 Å². The standard InChI is InChI=1S/C11H16N2O5S/c1-13-10(9(5-12-13)11(14)15)7-19(16,17)6-8-3-2-4-18-8/h5,8H,2-4,6-7H2,1H3,(H,14,15). The van der Waals surface area contributed by atoms with E-state index in [0.29, 0.717) is 6.61 Å². The van der Waals surface area contributed by atoms with E-state index in [1.807, 2.05) is 0 Å². The van der Waals surface area contributed by atoms with Crippen LogP contribution in [0.3, 0.4) is 0 Å². The Morgan fingerprint density at radius 3 is 2.95 bits per heavy atom. The Balaban J connectivity index is 2.15. The Morgan fingerprint density at radius 1 is 1.63 bits per heavy atom. The molecule has 8 heteroatoms. The average molecular weight is 288 g/mol. The van der Waals surface area contributed by atoms with Crippen LogP contribution in [-0.4, -0.2) is 47.7 Å². The van der Waals surface area contributed by atoms with Crippen molar-refractivity contribution in [1.82, 2.24) is 9.78 Å². The second kappa shape index (κ2) is 5.30. The normalized spacial score (nSPS) is 19.7. The lowest BCUT2D eigenvalue weighted by Gasteiger charge is -2.10. The summed E-state index contributed by atoms with van der Waals surface area (Å²) in [5, 5.41) is 12.8. The third-order valence-corrected chi connectivity index (χ3v) is 4.71.